The highest BCUT2D eigenvalue weighted by Gasteiger charge is 2.31. The number of allylic oxidation sites excluding steroid dienone is 4. The molecule has 0 saturated heterocycles. The van der Waals surface area contributed by atoms with Crippen LogP contribution in [-0.2, 0) is 4.79 Å². The van der Waals surface area contributed by atoms with Crippen LogP contribution in [0.3, 0.4) is 0 Å². The molecule has 5 heteroatoms. The number of rotatable bonds is 5. The molecule has 2 aliphatic rings. The van der Waals surface area contributed by atoms with Crippen LogP contribution in [0.5, 0.6) is 0 Å². The summed E-state index contributed by atoms with van der Waals surface area (Å²) in [5, 5.41) is 11.1. The van der Waals surface area contributed by atoms with Crippen molar-refractivity contribution in [3.8, 4) is 0 Å². The Kier molecular flexibility index (Phi) is 9.69. The van der Waals surface area contributed by atoms with Crippen molar-refractivity contribution in [3.05, 3.63) is 88.0 Å². The van der Waals surface area contributed by atoms with Gasteiger partial charge in [-0.2, -0.15) is 0 Å². The summed E-state index contributed by atoms with van der Waals surface area (Å²) in [6.45, 7) is 8.56. The minimum Gasteiger partial charge on any atom is -0.390 e. The molecule has 1 aliphatic carbocycles. The van der Waals surface area contributed by atoms with Gasteiger partial charge < -0.3 is 10.0 Å². The third-order valence-electron chi connectivity index (χ3n) is 7.09. The van der Waals surface area contributed by atoms with Crippen molar-refractivity contribution in [2.45, 2.75) is 65.4 Å². The lowest BCUT2D eigenvalue weighted by Crippen LogP contribution is -2.35. The summed E-state index contributed by atoms with van der Waals surface area (Å²) >= 11 is 6.11. The maximum absolute atomic E-state index is 12.0. The van der Waals surface area contributed by atoms with E-state index in [0.717, 1.165) is 54.6 Å². The molecular formula is C31H39ClN2O2. The summed E-state index contributed by atoms with van der Waals surface area (Å²) in [6.07, 6.45) is 9.74. The summed E-state index contributed by atoms with van der Waals surface area (Å²) in [5.74, 6) is 0.418. The Morgan fingerprint density at radius 3 is 2.58 bits per heavy atom. The number of carbonyl (C=O) groups is 1. The number of benzodiazepines with no additional fused rings is 1. The predicted molar refractivity (Wildman–Crippen MR) is 152 cm³/mol. The van der Waals surface area contributed by atoms with E-state index in [1.165, 1.54) is 11.1 Å². The molecule has 0 fully saturated rings. The largest absolute Gasteiger partial charge is 0.390 e. The van der Waals surface area contributed by atoms with Gasteiger partial charge >= 0.3 is 0 Å². The molecule has 0 bridgehead atoms. The van der Waals surface area contributed by atoms with Crippen LogP contribution < -0.4 is 4.90 Å². The fraction of sp³-hybridized carbons (Fsp3) is 0.419. The number of fused-ring (bicyclic) bond motifs is 1. The molecule has 4 rings (SSSR count). The number of benzene rings is 2. The molecule has 0 radical (unpaired) electrons. The normalized spacial score (nSPS) is 19.0. The lowest BCUT2D eigenvalue weighted by atomic mass is 9.76. The van der Waals surface area contributed by atoms with E-state index >= 15 is 0 Å². The number of halogens is 1. The highest BCUT2D eigenvalue weighted by Crippen LogP contribution is 2.34. The van der Waals surface area contributed by atoms with Crippen molar-refractivity contribution in [2.24, 2.45) is 10.9 Å². The van der Waals surface area contributed by atoms with Crippen molar-refractivity contribution in [3.63, 3.8) is 0 Å². The Balaban J connectivity index is 0.000000207. The van der Waals surface area contributed by atoms with Gasteiger partial charge in [-0.25, -0.2) is 0 Å². The number of amides is 1. The first-order chi connectivity index (χ1) is 17.1. The highest BCUT2D eigenvalue weighted by atomic mass is 35.5. The number of anilines is 1. The molecule has 0 spiro atoms. The number of nitrogens with zero attached hydrogens (tertiary/aromatic N) is 2. The van der Waals surface area contributed by atoms with Gasteiger partial charge in [0.05, 0.1) is 17.0 Å². The lowest BCUT2D eigenvalue weighted by Gasteiger charge is -2.34. The Morgan fingerprint density at radius 2 is 1.94 bits per heavy atom. The van der Waals surface area contributed by atoms with Gasteiger partial charge in [-0.15, -0.1) is 0 Å². The zero-order chi connectivity index (χ0) is 26.3. The van der Waals surface area contributed by atoms with Gasteiger partial charge in [0.1, 0.15) is 6.54 Å². The Bertz CT molecular complexity index is 1140. The molecule has 1 aliphatic heterocycles. The van der Waals surface area contributed by atoms with E-state index in [1.807, 2.05) is 49.4 Å². The van der Waals surface area contributed by atoms with E-state index in [-0.39, 0.29) is 12.5 Å². The average molecular weight is 507 g/mol. The average Bonchev–Trinajstić information content (AvgIpc) is 2.96. The molecule has 1 N–H and O–H groups in total. The second-order valence-corrected chi connectivity index (χ2v) is 10.8. The van der Waals surface area contributed by atoms with Crippen molar-refractivity contribution in [1.82, 2.24) is 0 Å². The van der Waals surface area contributed by atoms with E-state index < -0.39 is 5.60 Å². The first-order valence-electron chi connectivity index (χ1n) is 12.8. The number of aliphatic imine (C=N–C) groups is 1. The molecule has 1 amide bonds. The molecule has 0 saturated carbocycles. The number of carbonyl (C=O) groups excluding carboxylic acids is 1. The maximum atomic E-state index is 12.0. The van der Waals surface area contributed by atoms with Crippen LogP contribution in [0.25, 0.3) is 0 Å². The molecule has 2 atom stereocenters. The highest BCUT2D eigenvalue weighted by molar-refractivity contribution is 6.32. The van der Waals surface area contributed by atoms with Crippen molar-refractivity contribution < 1.29 is 9.90 Å². The molecule has 36 heavy (non-hydrogen) atoms. The third kappa shape index (κ3) is 7.41. The molecular weight excluding hydrogens is 468 g/mol. The summed E-state index contributed by atoms with van der Waals surface area (Å²) in [5.41, 5.74) is 5.84. The number of aliphatic hydroxyl groups is 1. The molecule has 0 aromatic heterocycles. The number of hydrogen-bond acceptors (Lipinski definition) is 3. The lowest BCUT2D eigenvalue weighted by molar-refractivity contribution is -0.116. The van der Waals surface area contributed by atoms with Gasteiger partial charge in [-0.05, 0) is 83.9 Å². The minimum atomic E-state index is -0.497. The molecule has 0 unspecified atom stereocenters. The third-order valence-corrected chi connectivity index (χ3v) is 7.32. The zero-order valence-electron chi connectivity index (χ0n) is 22.2. The summed E-state index contributed by atoms with van der Waals surface area (Å²) in [6, 6.07) is 15.3. The van der Waals surface area contributed by atoms with Crippen LogP contribution in [-0.4, -0.2) is 35.9 Å². The fourth-order valence-electron chi connectivity index (χ4n) is 4.69. The summed E-state index contributed by atoms with van der Waals surface area (Å²) in [4.78, 5) is 18.1. The van der Waals surface area contributed by atoms with E-state index in [2.05, 4.69) is 37.9 Å². The van der Waals surface area contributed by atoms with Gasteiger partial charge in [-0.1, -0.05) is 65.2 Å². The van der Waals surface area contributed by atoms with Crippen LogP contribution in [0.1, 0.15) is 70.9 Å². The molecule has 192 valence electrons. The van der Waals surface area contributed by atoms with E-state index in [0.29, 0.717) is 10.9 Å². The second kappa shape index (κ2) is 12.5. The minimum absolute atomic E-state index is 0.0282. The Morgan fingerprint density at radius 1 is 1.22 bits per heavy atom. The van der Waals surface area contributed by atoms with Crippen LogP contribution in [0.15, 0.2) is 76.8 Å². The Hall–Kier alpha value is -2.69. The predicted octanol–water partition coefficient (Wildman–Crippen LogP) is 7.38. The first-order valence-corrected chi connectivity index (χ1v) is 13.1. The van der Waals surface area contributed by atoms with Gasteiger partial charge in [0.25, 0.3) is 0 Å². The molecule has 2 aromatic carbocycles. The van der Waals surface area contributed by atoms with E-state index in [4.69, 9.17) is 11.6 Å². The number of likely N-dealkylation sites (N-methyl/N-ethyl adjacent to an activating group) is 1. The van der Waals surface area contributed by atoms with Crippen molar-refractivity contribution >= 4 is 28.9 Å². The molecule has 2 aromatic rings. The van der Waals surface area contributed by atoms with Crippen molar-refractivity contribution in [1.29, 1.82) is 0 Å². The van der Waals surface area contributed by atoms with Gasteiger partial charge in [0.2, 0.25) is 5.91 Å². The van der Waals surface area contributed by atoms with Gasteiger partial charge in [-0.3, -0.25) is 9.79 Å². The zero-order valence-corrected chi connectivity index (χ0v) is 23.0. The van der Waals surface area contributed by atoms with Gasteiger partial charge in [0, 0.05) is 23.2 Å². The monoisotopic (exact) mass is 506 g/mol. The van der Waals surface area contributed by atoms with E-state index in [1.54, 1.807) is 18.0 Å². The molecule has 1 heterocycles. The van der Waals surface area contributed by atoms with Crippen molar-refractivity contribution in [2.75, 3.05) is 18.5 Å². The van der Waals surface area contributed by atoms with Crippen LogP contribution >= 0.6 is 11.6 Å². The Labute approximate surface area is 221 Å². The maximum Gasteiger partial charge on any atom is 0.248 e. The quantitative estimate of drug-likeness (QED) is 0.430. The van der Waals surface area contributed by atoms with Crippen LogP contribution in [0, 0.1) is 5.92 Å². The smallest absolute Gasteiger partial charge is 0.248 e. The van der Waals surface area contributed by atoms with Gasteiger partial charge in [0.15, 0.2) is 0 Å². The molecule has 4 nitrogen and oxygen atoms in total. The second-order valence-electron chi connectivity index (χ2n) is 10.3. The summed E-state index contributed by atoms with van der Waals surface area (Å²) < 4.78 is 0. The summed E-state index contributed by atoms with van der Waals surface area (Å²) in [7, 11) is 1.76. The van der Waals surface area contributed by atoms with E-state index in [9.17, 15) is 9.90 Å². The van der Waals surface area contributed by atoms with Crippen LogP contribution in [0.4, 0.5) is 5.69 Å². The fourth-order valence-corrected chi connectivity index (χ4v) is 4.86. The first kappa shape index (κ1) is 27.9. The number of hydrogen-bond donors (Lipinski definition) is 1. The van der Waals surface area contributed by atoms with Crippen LogP contribution in [0.2, 0.25) is 5.02 Å². The SMILES string of the molecule is CC(C)=CCC[C@@](C)(O)[C@H]1CC=C(C)CC1.CN1C(=O)CN=C(c2ccccc2)c2cc(Cl)ccc21. The topological polar surface area (TPSA) is 52.9 Å². The standard InChI is InChI=1S/C16H13ClN2O.C15H26O/c1-19-14-8-7-12(17)9-13(14)16(18-10-15(19)20)11-5-3-2-4-6-11;1-12(2)6-5-11-15(4,16)14-9-7-13(3)8-10-14/h2-9H,10H2,1H3;6-7,14,16H,5,8-11H2,1-4H3/t;14-,15+/m.0/s1.